The molecule has 0 fully saturated rings. The van der Waals surface area contributed by atoms with Gasteiger partial charge in [-0.1, -0.05) is 84.9 Å². The molecular formula is C38H35N. The van der Waals surface area contributed by atoms with Crippen molar-refractivity contribution in [3.8, 4) is 33.4 Å². The quantitative estimate of drug-likeness (QED) is 0.250. The van der Waals surface area contributed by atoms with Crippen LogP contribution in [0.15, 0.2) is 109 Å². The lowest BCUT2D eigenvalue weighted by Crippen LogP contribution is -2.15. The zero-order chi connectivity index (χ0) is 26.0. The summed E-state index contributed by atoms with van der Waals surface area (Å²) in [4.78, 5) is 0. The standard InChI is InChI=1S/C38H35N/c1-3-11-27(12-4-1)28-19-23-31(24-20-28)39-32-25-21-30(22-26-32)38-35-17-9-7-15-33(35)37(29-13-5-2-6-14-29)34-16-8-10-18-36(34)38/h1-6,11-14,19-26,39H,7-10,15-18H2. The van der Waals surface area contributed by atoms with Crippen LogP contribution in [0.2, 0.25) is 0 Å². The molecule has 0 atom stereocenters. The summed E-state index contributed by atoms with van der Waals surface area (Å²) in [6.45, 7) is 0. The maximum atomic E-state index is 3.62. The van der Waals surface area contributed by atoms with E-state index < -0.39 is 0 Å². The Kier molecular flexibility index (Phi) is 6.50. The van der Waals surface area contributed by atoms with Crippen LogP contribution < -0.4 is 5.32 Å². The number of hydrogen-bond acceptors (Lipinski definition) is 1. The molecule has 0 heterocycles. The maximum absolute atomic E-state index is 3.62. The van der Waals surface area contributed by atoms with Gasteiger partial charge in [0.15, 0.2) is 0 Å². The highest BCUT2D eigenvalue weighted by Gasteiger charge is 2.27. The fourth-order valence-corrected chi connectivity index (χ4v) is 6.84. The van der Waals surface area contributed by atoms with E-state index in [0.717, 1.165) is 11.4 Å². The van der Waals surface area contributed by atoms with Crippen molar-refractivity contribution in [3.05, 3.63) is 131 Å². The summed E-state index contributed by atoms with van der Waals surface area (Å²) in [5.41, 5.74) is 17.2. The van der Waals surface area contributed by atoms with Gasteiger partial charge < -0.3 is 5.32 Å². The summed E-state index contributed by atoms with van der Waals surface area (Å²) in [7, 11) is 0. The van der Waals surface area contributed by atoms with Gasteiger partial charge in [-0.2, -0.15) is 0 Å². The van der Waals surface area contributed by atoms with E-state index >= 15 is 0 Å². The molecule has 1 N–H and O–H groups in total. The Morgan fingerprint density at radius 2 is 0.667 bits per heavy atom. The first-order chi connectivity index (χ1) is 19.3. The smallest absolute Gasteiger partial charge is 0.0384 e. The Hall–Kier alpha value is -4.10. The van der Waals surface area contributed by atoms with Crippen LogP contribution in [0.25, 0.3) is 33.4 Å². The van der Waals surface area contributed by atoms with Gasteiger partial charge in [-0.05, 0) is 131 Å². The van der Waals surface area contributed by atoms with Gasteiger partial charge in [0.25, 0.3) is 0 Å². The first-order valence-electron chi connectivity index (χ1n) is 14.6. The second-order valence-electron chi connectivity index (χ2n) is 11.1. The monoisotopic (exact) mass is 505 g/mol. The summed E-state index contributed by atoms with van der Waals surface area (Å²) in [5.74, 6) is 0. The van der Waals surface area contributed by atoms with E-state index in [9.17, 15) is 0 Å². The lowest BCUT2D eigenvalue weighted by Gasteiger charge is -2.32. The number of rotatable bonds is 5. The first kappa shape index (κ1) is 24.0. The Balaban J connectivity index is 1.23. The zero-order valence-electron chi connectivity index (χ0n) is 22.5. The molecule has 0 unspecified atom stereocenters. The molecule has 2 aliphatic carbocycles. The molecule has 0 aromatic heterocycles. The molecule has 39 heavy (non-hydrogen) atoms. The summed E-state index contributed by atoms with van der Waals surface area (Å²) >= 11 is 0. The molecule has 0 saturated heterocycles. The second kappa shape index (κ2) is 10.6. The normalized spacial score (nSPS) is 14.4. The molecule has 2 aliphatic rings. The van der Waals surface area contributed by atoms with Crippen molar-refractivity contribution >= 4 is 11.4 Å². The van der Waals surface area contributed by atoms with E-state index in [0.29, 0.717) is 0 Å². The molecule has 1 nitrogen and oxygen atoms in total. The topological polar surface area (TPSA) is 12.0 Å². The van der Waals surface area contributed by atoms with Crippen LogP contribution in [0.3, 0.4) is 0 Å². The first-order valence-corrected chi connectivity index (χ1v) is 14.6. The van der Waals surface area contributed by atoms with Crippen LogP contribution >= 0.6 is 0 Å². The Morgan fingerprint density at radius 1 is 0.333 bits per heavy atom. The number of benzene rings is 5. The van der Waals surface area contributed by atoms with Gasteiger partial charge in [-0.15, -0.1) is 0 Å². The average molecular weight is 506 g/mol. The van der Waals surface area contributed by atoms with Crippen molar-refractivity contribution in [1.29, 1.82) is 0 Å². The predicted octanol–water partition coefficient (Wildman–Crippen LogP) is 10.2. The summed E-state index contributed by atoms with van der Waals surface area (Å²) in [6.07, 6.45) is 10.0. The third kappa shape index (κ3) is 4.68. The van der Waals surface area contributed by atoms with Crippen molar-refractivity contribution in [1.82, 2.24) is 0 Å². The molecular weight excluding hydrogens is 470 g/mol. The summed E-state index contributed by atoms with van der Waals surface area (Å²) in [6, 6.07) is 39.7. The highest BCUT2D eigenvalue weighted by atomic mass is 14.9. The molecule has 7 rings (SSSR count). The van der Waals surface area contributed by atoms with Crippen molar-refractivity contribution in [2.24, 2.45) is 0 Å². The highest BCUT2D eigenvalue weighted by Crippen LogP contribution is 2.46. The molecule has 0 saturated carbocycles. The molecule has 1 heteroatoms. The fourth-order valence-electron chi connectivity index (χ4n) is 6.84. The van der Waals surface area contributed by atoms with Crippen molar-refractivity contribution < 1.29 is 0 Å². The minimum atomic E-state index is 1.12. The number of hydrogen-bond donors (Lipinski definition) is 1. The third-order valence-electron chi connectivity index (χ3n) is 8.66. The van der Waals surface area contributed by atoms with Gasteiger partial charge in [-0.3, -0.25) is 0 Å². The molecule has 5 aromatic carbocycles. The minimum absolute atomic E-state index is 1.12. The zero-order valence-corrected chi connectivity index (χ0v) is 22.5. The van der Waals surface area contributed by atoms with Gasteiger partial charge in [0.2, 0.25) is 0 Å². The molecule has 0 amide bonds. The van der Waals surface area contributed by atoms with Gasteiger partial charge in [0, 0.05) is 11.4 Å². The van der Waals surface area contributed by atoms with E-state index in [1.165, 1.54) is 73.6 Å². The van der Waals surface area contributed by atoms with Gasteiger partial charge >= 0.3 is 0 Å². The van der Waals surface area contributed by atoms with E-state index in [4.69, 9.17) is 0 Å². The van der Waals surface area contributed by atoms with Crippen LogP contribution in [0.1, 0.15) is 47.9 Å². The number of fused-ring (bicyclic) bond motifs is 2. The van der Waals surface area contributed by atoms with E-state index in [1.54, 1.807) is 33.4 Å². The average Bonchev–Trinajstić information content (AvgIpc) is 3.01. The summed E-state index contributed by atoms with van der Waals surface area (Å²) < 4.78 is 0. The van der Waals surface area contributed by atoms with Crippen LogP contribution in [0, 0.1) is 0 Å². The Morgan fingerprint density at radius 3 is 1.10 bits per heavy atom. The van der Waals surface area contributed by atoms with E-state index in [-0.39, 0.29) is 0 Å². The Bertz CT molecular complexity index is 1540. The van der Waals surface area contributed by atoms with Crippen molar-refractivity contribution in [3.63, 3.8) is 0 Å². The van der Waals surface area contributed by atoms with Gasteiger partial charge in [-0.25, -0.2) is 0 Å². The molecule has 0 aliphatic heterocycles. The molecule has 0 spiro atoms. The lowest BCUT2D eigenvalue weighted by atomic mass is 9.73. The predicted molar refractivity (Wildman–Crippen MR) is 166 cm³/mol. The highest BCUT2D eigenvalue weighted by molar-refractivity contribution is 5.85. The van der Waals surface area contributed by atoms with Crippen LogP contribution in [-0.2, 0) is 25.7 Å². The summed E-state index contributed by atoms with van der Waals surface area (Å²) in [5, 5.41) is 3.62. The van der Waals surface area contributed by atoms with Crippen molar-refractivity contribution in [2.75, 3.05) is 5.32 Å². The van der Waals surface area contributed by atoms with E-state index in [1.807, 2.05) is 0 Å². The SMILES string of the molecule is c1ccc(-c2ccc(Nc3ccc(-c4c5c(c(-c6ccccc6)c6c4CCCC6)CCCC5)cc3)cc2)cc1. The molecule has 0 bridgehead atoms. The van der Waals surface area contributed by atoms with E-state index in [2.05, 4.69) is 115 Å². The third-order valence-corrected chi connectivity index (χ3v) is 8.66. The lowest BCUT2D eigenvalue weighted by molar-refractivity contribution is 0.662. The van der Waals surface area contributed by atoms with Crippen LogP contribution in [0.4, 0.5) is 11.4 Å². The molecule has 192 valence electrons. The van der Waals surface area contributed by atoms with Crippen LogP contribution in [0.5, 0.6) is 0 Å². The van der Waals surface area contributed by atoms with Crippen molar-refractivity contribution in [2.45, 2.75) is 51.4 Å². The Labute approximate surface area is 232 Å². The molecule has 5 aromatic rings. The largest absolute Gasteiger partial charge is 0.356 e. The second-order valence-corrected chi connectivity index (χ2v) is 11.1. The molecule has 0 radical (unpaired) electrons. The number of anilines is 2. The number of nitrogens with one attached hydrogen (secondary N) is 1. The minimum Gasteiger partial charge on any atom is -0.356 e. The van der Waals surface area contributed by atoms with Gasteiger partial charge in [0.1, 0.15) is 0 Å². The van der Waals surface area contributed by atoms with Crippen LogP contribution in [-0.4, -0.2) is 0 Å². The fraction of sp³-hybridized carbons (Fsp3) is 0.211. The van der Waals surface area contributed by atoms with Gasteiger partial charge in [0.05, 0.1) is 0 Å². The maximum Gasteiger partial charge on any atom is 0.0384 e.